The molecule has 0 radical (unpaired) electrons. The smallest absolute Gasteiger partial charge is 0.251 e. The molecule has 1 aromatic carbocycles. The maximum Gasteiger partial charge on any atom is 0.251 e. The normalized spacial score (nSPS) is 16.1. The predicted octanol–water partition coefficient (Wildman–Crippen LogP) is 2.58. The van der Waals surface area contributed by atoms with E-state index in [4.69, 9.17) is 10.5 Å². The van der Waals surface area contributed by atoms with Crippen molar-refractivity contribution in [2.75, 3.05) is 26.0 Å². The average molecular weight is 327 g/mol. The summed E-state index contributed by atoms with van der Waals surface area (Å²) >= 11 is 3.32. The molecule has 1 aliphatic rings. The van der Waals surface area contributed by atoms with Crippen molar-refractivity contribution in [1.82, 2.24) is 5.32 Å². The lowest BCUT2D eigenvalue weighted by atomic mass is 10.0. The first-order valence-corrected chi connectivity index (χ1v) is 7.18. The molecule has 2 rings (SSSR count). The Morgan fingerprint density at radius 2 is 2.26 bits per heavy atom. The number of hydrogen-bond acceptors (Lipinski definition) is 3. The SMILES string of the molecule is COCCC1(CNC(=O)c2ccc(Br)c(N)c2)CC1. The van der Waals surface area contributed by atoms with Gasteiger partial charge in [-0.3, -0.25) is 4.79 Å². The zero-order valence-corrected chi connectivity index (χ0v) is 12.6. The van der Waals surface area contributed by atoms with E-state index in [1.807, 2.05) is 0 Å². The van der Waals surface area contributed by atoms with Crippen LogP contribution in [0.25, 0.3) is 0 Å². The van der Waals surface area contributed by atoms with Gasteiger partial charge in [-0.05, 0) is 58.8 Å². The van der Waals surface area contributed by atoms with Crippen LogP contribution in [0.5, 0.6) is 0 Å². The summed E-state index contributed by atoms with van der Waals surface area (Å²) in [6, 6.07) is 5.25. The number of anilines is 1. The molecule has 3 N–H and O–H groups in total. The molecule has 0 bridgehead atoms. The summed E-state index contributed by atoms with van der Waals surface area (Å²) in [6.45, 7) is 1.46. The van der Waals surface area contributed by atoms with Crippen molar-refractivity contribution in [2.24, 2.45) is 5.41 Å². The zero-order valence-electron chi connectivity index (χ0n) is 11.0. The lowest BCUT2D eigenvalue weighted by molar-refractivity contribution is 0.0938. The highest BCUT2D eigenvalue weighted by atomic mass is 79.9. The van der Waals surface area contributed by atoms with Gasteiger partial charge in [-0.15, -0.1) is 0 Å². The molecule has 1 amide bonds. The Balaban J connectivity index is 1.89. The fraction of sp³-hybridized carbons (Fsp3) is 0.500. The Morgan fingerprint density at radius 3 is 2.84 bits per heavy atom. The fourth-order valence-corrected chi connectivity index (χ4v) is 2.31. The van der Waals surface area contributed by atoms with Gasteiger partial charge in [0.25, 0.3) is 5.91 Å². The summed E-state index contributed by atoms with van der Waals surface area (Å²) in [5.74, 6) is -0.0668. The van der Waals surface area contributed by atoms with Gasteiger partial charge in [-0.25, -0.2) is 0 Å². The third-order valence-corrected chi connectivity index (χ3v) is 4.40. The molecule has 19 heavy (non-hydrogen) atoms. The molecule has 0 aromatic heterocycles. The second kappa shape index (κ2) is 5.92. The van der Waals surface area contributed by atoms with E-state index in [-0.39, 0.29) is 11.3 Å². The molecule has 0 atom stereocenters. The Labute approximate surface area is 121 Å². The maximum absolute atomic E-state index is 12.0. The topological polar surface area (TPSA) is 64.3 Å². The summed E-state index contributed by atoms with van der Waals surface area (Å²) < 4.78 is 5.91. The van der Waals surface area contributed by atoms with Crippen molar-refractivity contribution in [3.63, 3.8) is 0 Å². The number of carbonyl (C=O) groups is 1. The minimum absolute atomic E-state index is 0.0668. The summed E-state index contributed by atoms with van der Waals surface area (Å²) in [7, 11) is 1.71. The molecule has 1 fully saturated rings. The van der Waals surface area contributed by atoms with Crippen molar-refractivity contribution in [1.29, 1.82) is 0 Å². The second-order valence-electron chi connectivity index (χ2n) is 5.16. The molecular formula is C14H19BrN2O2. The van der Waals surface area contributed by atoms with E-state index < -0.39 is 0 Å². The number of ether oxygens (including phenoxy) is 1. The Morgan fingerprint density at radius 1 is 1.53 bits per heavy atom. The van der Waals surface area contributed by atoms with Crippen LogP contribution in [0, 0.1) is 5.41 Å². The molecule has 0 unspecified atom stereocenters. The molecule has 0 heterocycles. The molecule has 4 nitrogen and oxygen atoms in total. The lowest BCUT2D eigenvalue weighted by Crippen LogP contribution is -2.30. The maximum atomic E-state index is 12.0. The number of benzene rings is 1. The third kappa shape index (κ3) is 3.70. The van der Waals surface area contributed by atoms with Crippen molar-refractivity contribution in [3.05, 3.63) is 28.2 Å². The van der Waals surface area contributed by atoms with Crippen molar-refractivity contribution >= 4 is 27.5 Å². The van der Waals surface area contributed by atoms with E-state index >= 15 is 0 Å². The van der Waals surface area contributed by atoms with E-state index in [0.29, 0.717) is 17.8 Å². The summed E-state index contributed by atoms with van der Waals surface area (Å²) in [5, 5.41) is 2.99. The molecule has 5 heteroatoms. The highest BCUT2D eigenvalue weighted by Gasteiger charge is 2.42. The van der Waals surface area contributed by atoms with Gasteiger partial charge in [0.1, 0.15) is 0 Å². The quantitative estimate of drug-likeness (QED) is 0.790. The van der Waals surface area contributed by atoms with Crippen LogP contribution in [-0.2, 0) is 4.74 Å². The number of rotatable bonds is 6. The van der Waals surface area contributed by atoms with Crippen LogP contribution in [-0.4, -0.2) is 26.2 Å². The highest BCUT2D eigenvalue weighted by Crippen LogP contribution is 2.48. The Kier molecular flexibility index (Phi) is 4.47. The molecule has 1 aliphatic carbocycles. The van der Waals surface area contributed by atoms with E-state index in [0.717, 1.165) is 17.5 Å². The van der Waals surface area contributed by atoms with Gasteiger partial charge in [0.15, 0.2) is 0 Å². The average Bonchev–Trinajstić information content (AvgIpc) is 3.17. The van der Waals surface area contributed by atoms with Crippen LogP contribution in [0.4, 0.5) is 5.69 Å². The van der Waals surface area contributed by atoms with E-state index in [1.165, 1.54) is 12.8 Å². The molecule has 1 saturated carbocycles. The Bertz CT molecular complexity index is 473. The number of amides is 1. The first-order valence-electron chi connectivity index (χ1n) is 6.38. The lowest BCUT2D eigenvalue weighted by Gasteiger charge is -2.15. The standard InChI is InChI=1S/C14H19BrN2O2/c1-19-7-6-14(4-5-14)9-17-13(18)10-2-3-11(15)12(16)8-10/h2-3,8H,4-7,9,16H2,1H3,(H,17,18). The molecule has 0 aliphatic heterocycles. The van der Waals surface area contributed by atoms with E-state index in [2.05, 4.69) is 21.2 Å². The summed E-state index contributed by atoms with van der Waals surface area (Å²) in [4.78, 5) is 12.0. The fourth-order valence-electron chi connectivity index (χ4n) is 2.07. The van der Waals surface area contributed by atoms with Gasteiger partial charge in [0, 0.05) is 36.0 Å². The zero-order chi connectivity index (χ0) is 13.9. The van der Waals surface area contributed by atoms with Crippen molar-refractivity contribution < 1.29 is 9.53 Å². The predicted molar refractivity (Wildman–Crippen MR) is 79.0 cm³/mol. The highest BCUT2D eigenvalue weighted by molar-refractivity contribution is 9.10. The first kappa shape index (κ1) is 14.3. The largest absolute Gasteiger partial charge is 0.398 e. The Hall–Kier alpha value is -1.07. The number of hydrogen-bond donors (Lipinski definition) is 2. The van der Waals surface area contributed by atoms with Gasteiger partial charge in [0.05, 0.1) is 0 Å². The van der Waals surface area contributed by atoms with E-state index in [1.54, 1.807) is 25.3 Å². The summed E-state index contributed by atoms with van der Waals surface area (Å²) in [6.07, 6.45) is 3.34. The summed E-state index contributed by atoms with van der Waals surface area (Å²) in [5.41, 5.74) is 7.21. The number of nitrogens with two attached hydrogens (primary N) is 1. The van der Waals surface area contributed by atoms with Crippen LogP contribution in [0.1, 0.15) is 29.6 Å². The number of methoxy groups -OCH3 is 1. The van der Waals surface area contributed by atoms with Crippen molar-refractivity contribution in [2.45, 2.75) is 19.3 Å². The van der Waals surface area contributed by atoms with Crippen LogP contribution in [0.15, 0.2) is 22.7 Å². The van der Waals surface area contributed by atoms with Gasteiger partial charge in [-0.1, -0.05) is 0 Å². The number of carbonyl (C=O) groups excluding carboxylic acids is 1. The molecular weight excluding hydrogens is 308 g/mol. The first-order chi connectivity index (χ1) is 9.06. The second-order valence-corrected chi connectivity index (χ2v) is 6.02. The van der Waals surface area contributed by atoms with Gasteiger partial charge in [-0.2, -0.15) is 0 Å². The number of halogens is 1. The minimum atomic E-state index is -0.0668. The van der Waals surface area contributed by atoms with Crippen LogP contribution < -0.4 is 11.1 Å². The van der Waals surface area contributed by atoms with Gasteiger partial charge < -0.3 is 15.8 Å². The van der Waals surface area contributed by atoms with Crippen molar-refractivity contribution in [3.8, 4) is 0 Å². The number of nitrogen functional groups attached to an aromatic ring is 1. The minimum Gasteiger partial charge on any atom is -0.398 e. The third-order valence-electron chi connectivity index (χ3n) is 3.68. The van der Waals surface area contributed by atoms with Gasteiger partial charge in [0.2, 0.25) is 0 Å². The van der Waals surface area contributed by atoms with E-state index in [9.17, 15) is 4.79 Å². The molecule has 0 saturated heterocycles. The molecule has 1 aromatic rings. The van der Waals surface area contributed by atoms with Crippen LogP contribution in [0.3, 0.4) is 0 Å². The molecule has 0 spiro atoms. The molecule has 104 valence electrons. The van der Waals surface area contributed by atoms with Crippen LogP contribution in [0.2, 0.25) is 0 Å². The monoisotopic (exact) mass is 326 g/mol. The van der Waals surface area contributed by atoms with Gasteiger partial charge >= 0.3 is 0 Å². The van der Waals surface area contributed by atoms with Crippen LogP contribution >= 0.6 is 15.9 Å². The number of nitrogens with one attached hydrogen (secondary N) is 1.